The van der Waals surface area contributed by atoms with Crippen molar-refractivity contribution in [3.8, 4) is 0 Å². The van der Waals surface area contributed by atoms with E-state index in [1.54, 1.807) is 0 Å². The first-order chi connectivity index (χ1) is 11.0. The first kappa shape index (κ1) is 15.6. The molecule has 2 aromatic heterocycles. The first-order valence-electron chi connectivity index (χ1n) is 7.40. The quantitative estimate of drug-likeness (QED) is 0.717. The maximum atomic E-state index is 13.5. The summed E-state index contributed by atoms with van der Waals surface area (Å²) in [6.45, 7) is 4.51. The van der Waals surface area contributed by atoms with E-state index in [1.165, 1.54) is 12.1 Å². The maximum absolute atomic E-state index is 13.5. The number of benzene rings is 1. The van der Waals surface area contributed by atoms with Crippen LogP contribution in [-0.4, -0.2) is 14.6 Å². The van der Waals surface area contributed by atoms with Crippen molar-refractivity contribution in [2.24, 2.45) is 0 Å². The maximum Gasteiger partial charge on any atom is 0.160 e. The van der Waals surface area contributed by atoms with Gasteiger partial charge in [0.15, 0.2) is 5.65 Å². The van der Waals surface area contributed by atoms with Crippen molar-refractivity contribution < 1.29 is 13.5 Å². The molecule has 3 aromatic rings. The summed E-state index contributed by atoms with van der Waals surface area (Å²) >= 11 is 0. The van der Waals surface area contributed by atoms with Crippen molar-refractivity contribution in [1.29, 1.82) is 0 Å². The standard InChI is InChI=1S/C17H17F2N3O/c1-11(2)17-21-20-16-6-3-12(8-22(16)17)9-23-10-13-4-5-14(18)7-15(13)19/h3-8,11H,9-10H2,1-2H3. The number of pyridine rings is 1. The van der Waals surface area contributed by atoms with Crippen LogP contribution in [0.3, 0.4) is 0 Å². The molecule has 1 aromatic carbocycles. The first-order valence-corrected chi connectivity index (χ1v) is 7.40. The summed E-state index contributed by atoms with van der Waals surface area (Å²) in [5.41, 5.74) is 2.04. The molecule has 0 aliphatic carbocycles. The molecule has 120 valence electrons. The second-order valence-electron chi connectivity index (χ2n) is 5.71. The van der Waals surface area contributed by atoms with Crippen LogP contribution in [0, 0.1) is 11.6 Å². The Kier molecular flexibility index (Phi) is 4.34. The van der Waals surface area contributed by atoms with Gasteiger partial charge in [0.1, 0.15) is 17.5 Å². The van der Waals surface area contributed by atoms with Gasteiger partial charge in [0.2, 0.25) is 0 Å². The molecule has 0 radical (unpaired) electrons. The van der Waals surface area contributed by atoms with Crippen LogP contribution in [0.4, 0.5) is 8.78 Å². The van der Waals surface area contributed by atoms with Crippen LogP contribution in [-0.2, 0) is 18.0 Å². The van der Waals surface area contributed by atoms with E-state index in [0.717, 1.165) is 23.1 Å². The lowest BCUT2D eigenvalue weighted by atomic mass is 10.2. The molecule has 23 heavy (non-hydrogen) atoms. The Bertz CT molecular complexity index is 830. The fraction of sp³-hybridized carbons (Fsp3) is 0.294. The summed E-state index contributed by atoms with van der Waals surface area (Å²) in [5.74, 6) is -0.0483. The zero-order valence-electron chi connectivity index (χ0n) is 13.0. The molecule has 2 heterocycles. The molecule has 0 aliphatic heterocycles. The minimum atomic E-state index is -0.596. The van der Waals surface area contributed by atoms with Gasteiger partial charge < -0.3 is 4.74 Å². The third-order valence-corrected chi connectivity index (χ3v) is 3.55. The molecule has 0 atom stereocenters. The smallest absolute Gasteiger partial charge is 0.160 e. The highest BCUT2D eigenvalue weighted by molar-refractivity contribution is 5.39. The van der Waals surface area contributed by atoms with Crippen LogP contribution in [0.5, 0.6) is 0 Å². The summed E-state index contributed by atoms with van der Waals surface area (Å²) in [5, 5.41) is 8.29. The van der Waals surface area contributed by atoms with Gasteiger partial charge in [-0.3, -0.25) is 4.40 Å². The van der Waals surface area contributed by atoms with Gasteiger partial charge >= 0.3 is 0 Å². The molecule has 0 unspecified atom stereocenters. The van der Waals surface area contributed by atoms with Gasteiger partial charge in [0, 0.05) is 23.7 Å². The predicted octanol–water partition coefficient (Wildman–Crippen LogP) is 3.85. The number of nitrogens with zero attached hydrogens (tertiary/aromatic N) is 3. The molecule has 3 rings (SSSR count). The average Bonchev–Trinajstić information content (AvgIpc) is 2.93. The Labute approximate surface area is 132 Å². The average molecular weight is 317 g/mol. The van der Waals surface area contributed by atoms with E-state index >= 15 is 0 Å². The van der Waals surface area contributed by atoms with E-state index in [-0.39, 0.29) is 12.5 Å². The molecular formula is C17H17F2N3O. The van der Waals surface area contributed by atoms with Gasteiger partial charge in [-0.15, -0.1) is 10.2 Å². The number of hydrogen-bond donors (Lipinski definition) is 0. The summed E-state index contributed by atoms with van der Waals surface area (Å²) < 4.78 is 33.9. The van der Waals surface area contributed by atoms with Gasteiger partial charge in [-0.1, -0.05) is 26.0 Å². The predicted molar refractivity (Wildman–Crippen MR) is 81.9 cm³/mol. The zero-order valence-corrected chi connectivity index (χ0v) is 13.0. The number of ether oxygens (including phenoxy) is 1. The van der Waals surface area contributed by atoms with Crippen LogP contribution >= 0.6 is 0 Å². The van der Waals surface area contributed by atoms with Crippen molar-refractivity contribution >= 4 is 5.65 Å². The van der Waals surface area contributed by atoms with E-state index in [1.807, 2.05) is 22.7 Å². The van der Waals surface area contributed by atoms with Crippen molar-refractivity contribution in [2.75, 3.05) is 0 Å². The lowest BCUT2D eigenvalue weighted by Crippen LogP contribution is -2.01. The van der Waals surface area contributed by atoms with Crippen LogP contribution in [0.15, 0.2) is 36.5 Å². The van der Waals surface area contributed by atoms with E-state index < -0.39 is 11.6 Å². The third-order valence-electron chi connectivity index (χ3n) is 3.55. The Morgan fingerprint density at radius 3 is 2.65 bits per heavy atom. The van der Waals surface area contributed by atoms with Crippen LogP contribution in [0.2, 0.25) is 0 Å². The Morgan fingerprint density at radius 1 is 1.09 bits per heavy atom. The topological polar surface area (TPSA) is 39.4 Å². The van der Waals surface area contributed by atoms with Gasteiger partial charge in [0.25, 0.3) is 0 Å². The van der Waals surface area contributed by atoms with E-state index in [4.69, 9.17) is 4.74 Å². The Hall–Kier alpha value is -2.34. The van der Waals surface area contributed by atoms with Crippen LogP contribution in [0.1, 0.15) is 36.7 Å². The SMILES string of the molecule is CC(C)c1nnc2ccc(COCc3ccc(F)cc3F)cn12. The highest BCUT2D eigenvalue weighted by atomic mass is 19.1. The minimum Gasteiger partial charge on any atom is -0.372 e. The number of halogens is 2. The molecule has 0 fully saturated rings. The normalized spacial score (nSPS) is 11.5. The molecule has 0 saturated carbocycles. The third kappa shape index (κ3) is 3.37. The monoisotopic (exact) mass is 317 g/mol. The molecule has 0 saturated heterocycles. The summed E-state index contributed by atoms with van der Waals surface area (Å²) in [6, 6.07) is 7.24. The molecule has 0 amide bonds. The van der Waals surface area contributed by atoms with Gasteiger partial charge in [-0.2, -0.15) is 0 Å². The Morgan fingerprint density at radius 2 is 1.91 bits per heavy atom. The lowest BCUT2D eigenvalue weighted by molar-refractivity contribution is 0.104. The number of aromatic nitrogens is 3. The number of hydrogen-bond acceptors (Lipinski definition) is 3. The zero-order chi connectivity index (χ0) is 16.4. The van der Waals surface area contributed by atoms with Gasteiger partial charge in [-0.25, -0.2) is 8.78 Å². The highest BCUT2D eigenvalue weighted by Gasteiger charge is 2.10. The highest BCUT2D eigenvalue weighted by Crippen LogP contribution is 2.16. The molecule has 0 aliphatic rings. The van der Waals surface area contributed by atoms with Gasteiger partial charge in [0.05, 0.1) is 13.2 Å². The van der Waals surface area contributed by atoms with Crippen molar-refractivity contribution in [1.82, 2.24) is 14.6 Å². The van der Waals surface area contributed by atoms with E-state index in [9.17, 15) is 8.78 Å². The fourth-order valence-electron chi connectivity index (χ4n) is 2.35. The minimum absolute atomic E-state index is 0.0867. The molecule has 4 nitrogen and oxygen atoms in total. The van der Waals surface area contributed by atoms with E-state index in [2.05, 4.69) is 24.0 Å². The molecule has 6 heteroatoms. The van der Waals surface area contributed by atoms with Crippen LogP contribution in [0.25, 0.3) is 5.65 Å². The molecule has 0 N–H and O–H groups in total. The summed E-state index contributed by atoms with van der Waals surface area (Å²) in [7, 11) is 0. The van der Waals surface area contributed by atoms with Crippen molar-refractivity contribution in [3.63, 3.8) is 0 Å². The second kappa shape index (κ2) is 6.42. The van der Waals surface area contributed by atoms with Crippen molar-refractivity contribution in [2.45, 2.75) is 33.0 Å². The van der Waals surface area contributed by atoms with E-state index in [0.29, 0.717) is 12.2 Å². The Balaban J connectivity index is 1.70. The molecular weight excluding hydrogens is 300 g/mol. The van der Waals surface area contributed by atoms with Crippen molar-refractivity contribution in [3.05, 3.63) is 65.1 Å². The number of rotatable bonds is 5. The van der Waals surface area contributed by atoms with Gasteiger partial charge in [-0.05, 0) is 17.7 Å². The molecule has 0 bridgehead atoms. The largest absolute Gasteiger partial charge is 0.372 e. The number of fused-ring (bicyclic) bond motifs is 1. The molecule has 0 spiro atoms. The summed E-state index contributed by atoms with van der Waals surface area (Å²) in [4.78, 5) is 0. The lowest BCUT2D eigenvalue weighted by Gasteiger charge is -2.08. The fourth-order valence-corrected chi connectivity index (χ4v) is 2.35. The second-order valence-corrected chi connectivity index (χ2v) is 5.71. The van der Waals surface area contributed by atoms with Crippen LogP contribution < -0.4 is 0 Å². The summed E-state index contributed by atoms with van der Waals surface area (Å²) in [6.07, 6.45) is 1.92.